The summed E-state index contributed by atoms with van der Waals surface area (Å²) in [7, 11) is 1.31. The topological polar surface area (TPSA) is 96.5 Å². The highest BCUT2D eigenvalue weighted by Gasteiger charge is 2.27. The molecule has 0 bridgehead atoms. The molecule has 2 aliphatic rings. The monoisotopic (exact) mass is 435 g/mol. The first-order valence-electron chi connectivity index (χ1n) is 11.1. The second-order valence-electron chi connectivity index (χ2n) is 8.49. The molecule has 7 nitrogen and oxygen atoms in total. The minimum Gasteiger partial charge on any atom is -0.467 e. The molecule has 4 rings (SSSR count). The third-order valence-electron chi connectivity index (χ3n) is 6.19. The second-order valence-corrected chi connectivity index (χ2v) is 8.49. The molecule has 7 heteroatoms. The SMILES string of the molecule is COC(=O)C(Cc1cccc(NC(C)=O)c1)NC(=O)Nc1c2c(cc3c1CCC3)CCC2. The number of esters is 1. The Hall–Kier alpha value is -3.35. The maximum absolute atomic E-state index is 13.0. The molecule has 3 N–H and O–H groups in total. The van der Waals surface area contributed by atoms with Crippen molar-refractivity contribution in [3.8, 4) is 0 Å². The summed E-state index contributed by atoms with van der Waals surface area (Å²) >= 11 is 0. The van der Waals surface area contributed by atoms with Crippen LogP contribution in [0.25, 0.3) is 0 Å². The van der Waals surface area contributed by atoms with Gasteiger partial charge in [0.05, 0.1) is 7.11 Å². The lowest BCUT2D eigenvalue weighted by molar-refractivity contribution is -0.142. The van der Waals surface area contributed by atoms with Gasteiger partial charge in [0, 0.05) is 24.7 Å². The molecule has 0 aliphatic heterocycles. The zero-order valence-electron chi connectivity index (χ0n) is 18.5. The number of urea groups is 1. The number of anilines is 2. The zero-order chi connectivity index (χ0) is 22.7. The van der Waals surface area contributed by atoms with Crippen molar-refractivity contribution in [1.29, 1.82) is 0 Å². The normalized spacial score (nSPS) is 14.8. The minimum absolute atomic E-state index is 0.174. The third-order valence-corrected chi connectivity index (χ3v) is 6.19. The van der Waals surface area contributed by atoms with Gasteiger partial charge in [-0.1, -0.05) is 18.2 Å². The summed E-state index contributed by atoms with van der Waals surface area (Å²) in [4.78, 5) is 36.7. The Balaban J connectivity index is 1.51. The maximum atomic E-state index is 13.0. The highest BCUT2D eigenvalue weighted by molar-refractivity contribution is 5.95. The number of hydrogen-bond donors (Lipinski definition) is 3. The quantitative estimate of drug-likeness (QED) is 0.605. The Bertz CT molecular complexity index is 1030. The number of nitrogens with one attached hydrogen (secondary N) is 3. The largest absolute Gasteiger partial charge is 0.467 e. The van der Waals surface area contributed by atoms with Gasteiger partial charge in [-0.2, -0.15) is 0 Å². The predicted molar refractivity (Wildman–Crippen MR) is 123 cm³/mol. The van der Waals surface area contributed by atoms with E-state index in [1.54, 1.807) is 18.2 Å². The van der Waals surface area contributed by atoms with Crippen LogP contribution in [0.4, 0.5) is 16.2 Å². The average molecular weight is 436 g/mol. The highest BCUT2D eigenvalue weighted by Crippen LogP contribution is 2.38. The van der Waals surface area contributed by atoms with Crippen molar-refractivity contribution in [1.82, 2.24) is 5.32 Å². The van der Waals surface area contributed by atoms with E-state index in [1.807, 2.05) is 6.07 Å². The molecule has 0 radical (unpaired) electrons. The molecular formula is C25H29N3O4. The Morgan fingerprint density at radius 1 is 0.969 bits per heavy atom. The van der Waals surface area contributed by atoms with E-state index in [-0.39, 0.29) is 12.3 Å². The van der Waals surface area contributed by atoms with E-state index in [4.69, 9.17) is 4.74 Å². The average Bonchev–Trinajstić information content (AvgIpc) is 3.41. The van der Waals surface area contributed by atoms with Crippen LogP contribution < -0.4 is 16.0 Å². The van der Waals surface area contributed by atoms with Crippen molar-refractivity contribution in [2.75, 3.05) is 17.7 Å². The summed E-state index contributed by atoms with van der Waals surface area (Å²) in [5.41, 5.74) is 7.51. The van der Waals surface area contributed by atoms with Crippen LogP contribution >= 0.6 is 0 Å². The summed E-state index contributed by atoms with van der Waals surface area (Å²) in [5, 5.41) is 8.58. The Morgan fingerprint density at radius 2 is 1.66 bits per heavy atom. The third kappa shape index (κ3) is 4.77. The fraction of sp³-hybridized carbons (Fsp3) is 0.400. The van der Waals surface area contributed by atoms with E-state index in [1.165, 1.54) is 36.3 Å². The van der Waals surface area contributed by atoms with E-state index in [9.17, 15) is 14.4 Å². The molecule has 0 saturated heterocycles. The molecule has 1 unspecified atom stereocenters. The first-order valence-corrected chi connectivity index (χ1v) is 11.1. The van der Waals surface area contributed by atoms with Crippen LogP contribution in [0.1, 0.15) is 47.6 Å². The number of amides is 3. The summed E-state index contributed by atoms with van der Waals surface area (Å²) < 4.78 is 4.93. The lowest BCUT2D eigenvalue weighted by Gasteiger charge is -2.20. The van der Waals surface area contributed by atoms with Gasteiger partial charge < -0.3 is 20.7 Å². The smallest absolute Gasteiger partial charge is 0.328 e. The number of fused-ring (bicyclic) bond motifs is 2. The van der Waals surface area contributed by atoms with E-state index in [2.05, 4.69) is 22.0 Å². The molecular weight excluding hydrogens is 406 g/mol. The van der Waals surface area contributed by atoms with Crippen molar-refractivity contribution < 1.29 is 19.1 Å². The summed E-state index contributed by atoms with van der Waals surface area (Å²) in [5.74, 6) is -0.694. The molecule has 0 aromatic heterocycles. The molecule has 2 aromatic rings. The molecule has 0 fully saturated rings. The fourth-order valence-corrected chi connectivity index (χ4v) is 4.83. The summed E-state index contributed by atoms with van der Waals surface area (Å²) in [6.07, 6.45) is 6.48. The van der Waals surface area contributed by atoms with Gasteiger partial charge in [0.1, 0.15) is 6.04 Å². The van der Waals surface area contributed by atoms with Gasteiger partial charge in [0.15, 0.2) is 0 Å². The number of hydrogen-bond acceptors (Lipinski definition) is 4. The molecule has 2 aromatic carbocycles. The van der Waals surface area contributed by atoms with Gasteiger partial charge in [-0.05, 0) is 78.5 Å². The van der Waals surface area contributed by atoms with E-state index < -0.39 is 18.0 Å². The van der Waals surface area contributed by atoms with Crippen molar-refractivity contribution >= 4 is 29.3 Å². The van der Waals surface area contributed by atoms with Gasteiger partial charge in [0.2, 0.25) is 5.91 Å². The van der Waals surface area contributed by atoms with E-state index >= 15 is 0 Å². The standard InChI is InChI=1S/C25H29N3O4/c1-15(29)26-19-9-3-6-16(12-19)13-22(24(30)32-2)27-25(31)28-23-20-10-4-7-17(20)14-18-8-5-11-21(18)23/h3,6,9,12,14,22H,4-5,7-8,10-11,13H2,1-2H3,(H,26,29)(H2,27,28,31). The fourth-order valence-electron chi connectivity index (χ4n) is 4.83. The lowest BCUT2D eigenvalue weighted by Crippen LogP contribution is -2.45. The number of methoxy groups -OCH3 is 1. The molecule has 0 saturated carbocycles. The molecule has 168 valence electrons. The first-order chi connectivity index (χ1) is 15.4. The molecule has 32 heavy (non-hydrogen) atoms. The van der Waals surface area contributed by atoms with Crippen molar-refractivity contribution in [3.63, 3.8) is 0 Å². The zero-order valence-corrected chi connectivity index (χ0v) is 18.5. The number of carbonyl (C=O) groups excluding carboxylic acids is 3. The minimum atomic E-state index is -0.850. The second kappa shape index (κ2) is 9.42. The van der Waals surface area contributed by atoms with Gasteiger partial charge in [0.25, 0.3) is 0 Å². The predicted octanol–water partition coefficient (Wildman–Crippen LogP) is 3.53. The van der Waals surface area contributed by atoms with Crippen LogP contribution in [-0.4, -0.2) is 31.1 Å². The van der Waals surface area contributed by atoms with Crippen molar-refractivity contribution in [2.24, 2.45) is 0 Å². The van der Waals surface area contributed by atoms with Crippen LogP contribution in [0.2, 0.25) is 0 Å². The summed E-state index contributed by atoms with van der Waals surface area (Å²) in [6, 6.07) is 8.25. The van der Waals surface area contributed by atoms with Crippen LogP contribution in [-0.2, 0) is 46.4 Å². The van der Waals surface area contributed by atoms with Crippen LogP contribution in [0.15, 0.2) is 30.3 Å². The molecule has 2 aliphatic carbocycles. The molecule has 1 atom stereocenters. The van der Waals surface area contributed by atoms with Gasteiger partial charge in [-0.25, -0.2) is 9.59 Å². The molecule has 3 amide bonds. The highest BCUT2D eigenvalue weighted by atomic mass is 16.5. The van der Waals surface area contributed by atoms with Gasteiger partial charge >= 0.3 is 12.0 Å². The van der Waals surface area contributed by atoms with Crippen LogP contribution in [0.5, 0.6) is 0 Å². The summed E-state index contributed by atoms with van der Waals surface area (Å²) in [6.45, 7) is 1.44. The number of ether oxygens (including phenoxy) is 1. The molecule has 0 spiro atoms. The van der Waals surface area contributed by atoms with Crippen molar-refractivity contribution in [3.05, 3.63) is 58.1 Å². The number of rotatable bonds is 6. The van der Waals surface area contributed by atoms with Gasteiger partial charge in [-0.15, -0.1) is 0 Å². The Morgan fingerprint density at radius 3 is 2.28 bits per heavy atom. The number of benzene rings is 2. The Labute approximate surface area is 187 Å². The molecule has 0 heterocycles. The number of carbonyl (C=O) groups is 3. The van der Waals surface area contributed by atoms with Crippen LogP contribution in [0, 0.1) is 0 Å². The van der Waals surface area contributed by atoms with Crippen molar-refractivity contribution in [2.45, 2.75) is 57.9 Å². The number of aryl methyl sites for hydroxylation is 2. The Kier molecular flexibility index (Phi) is 6.44. The first kappa shape index (κ1) is 21.9. The van der Waals surface area contributed by atoms with Gasteiger partial charge in [-0.3, -0.25) is 4.79 Å². The maximum Gasteiger partial charge on any atom is 0.328 e. The van der Waals surface area contributed by atoms with E-state index in [0.29, 0.717) is 5.69 Å². The van der Waals surface area contributed by atoms with Crippen LogP contribution in [0.3, 0.4) is 0 Å². The van der Waals surface area contributed by atoms with E-state index in [0.717, 1.165) is 49.8 Å². The lowest BCUT2D eigenvalue weighted by atomic mass is 9.99.